The number of carbonyl (C=O) groups is 2. The third-order valence-corrected chi connectivity index (χ3v) is 2.57. The molecule has 1 N–H and O–H groups in total. The van der Waals surface area contributed by atoms with Gasteiger partial charge in [0, 0.05) is 0 Å². The number of hydrogen-bond acceptors (Lipinski definition) is 6. The average Bonchev–Trinajstić information content (AvgIpc) is 2.43. The number of nitrogens with one attached hydrogen (secondary N) is 1. The molecule has 0 atom stereocenters. The van der Waals surface area contributed by atoms with E-state index in [2.05, 4.69) is 5.32 Å². The molecule has 0 aliphatic carbocycles. The monoisotopic (exact) mass is 311 g/mol. The molecule has 1 aromatic carbocycles. The average molecular weight is 311 g/mol. The van der Waals surface area contributed by atoms with Crippen molar-refractivity contribution in [1.29, 1.82) is 0 Å². The highest BCUT2D eigenvalue weighted by atomic mass is 16.6. The number of ether oxygens (including phenoxy) is 4. The summed E-state index contributed by atoms with van der Waals surface area (Å²) in [5.41, 5.74) is -0.402. The zero-order valence-corrected chi connectivity index (χ0v) is 13.6. The fourth-order valence-electron chi connectivity index (χ4n) is 1.75. The van der Waals surface area contributed by atoms with Crippen LogP contribution in [0.1, 0.15) is 31.1 Å². The van der Waals surface area contributed by atoms with Gasteiger partial charge in [-0.15, -0.1) is 0 Å². The highest BCUT2D eigenvalue weighted by molar-refractivity contribution is 6.03. The van der Waals surface area contributed by atoms with Gasteiger partial charge in [0.2, 0.25) is 0 Å². The number of methoxy groups -OCH3 is 3. The third kappa shape index (κ3) is 4.28. The van der Waals surface area contributed by atoms with Gasteiger partial charge in [-0.1, -0.05) is 0 Å². The van der Waals surface area contributed by atoms with E-state index in [1.165, 1.54) is 27.4 Å². The van der Waals surface area contributed by atoms with Crippen LogP contribution in [0.25, 0.3) is 0 Å². The Morgan fingerprint density at radius 2 is 1.68 bits per heavy atom. The molecule has 7 nitrogen and oxygen atoms in total. The predicted molar refractivity (Wildman–Crippen MR) is 80.7 cm³/mol. The van der Waals surface area contributed by atoms with E-state index in [0.717, 1.165) is 0 Å². The molecule has 22 heavy (non-hydrogen) atoms. The van der Waals surface area contributed by atoms with E-state index in [0.29, 0.717) is 5.75 Å². The quantitative estimate of drug-likeness (QED) is 0.861. The van der Waals surface area contributed by atoms with Gasteiger partial charge in [0.25, 0.3) is 0 Å². The Kier molecular flexibility index (Phi) is 5.62. The van der Waals surface area contributed by atoms with Gasteiger partial charge in [-0.2, -0.15) is 0 Å². The van der Waals surface area contributed by atoms with Crippen molar-refractivity contribution in [3.63, 3.8) is 0 Å². The van der Waals surface area contributed by atoms with Crippen LogP contribution in [-0.2, 0) is 9.47 Å². The smallest absolute Gasteiger partial charge is 0.412 e. The maximum Gasteiger partial charge on any atom is 0.412 e. The van der Waals surface area contributed by atoms with Crippen molar-refractivity contribution in [2.45, 2.75) is 26.4 Å². The van der Waals surface area contributed by atoms with Crippen LogP contribution in [0.2, 0.25) is 0 Å². The summed E-state index contributed by atoms with van der Waals surface area (Å²) in [7, 11) is 4.07. The molecule has 7 heteroatoms. The molecule has 0 unspecified atom stereocenters. The molecular weight excluding hydrogens is 290 g/mol. The second-order valence-electron chi connectivity index (χ2n) is 5.34. The highest BCUT2D eigenvalue weighted by Crippen LogP contribution is 2.36. The Hall–Kier alpha value is -2.44. The minimum Gasteiger partial charge on any atom is -0.493 e. The molecular formula is C15H21NO6. The number of rotatable bonds is 4. The van der Waals surface area contributed by atoms with E-state index >= 15 is 0 Å². The lowest BCUT2D eigenvalue weighted by atomic mass is 10.1. The van der Waals surface area contributed by atoms with Gasteiger partial charge in [-0.25, -0.2) is 9.59 Å². The lowest BCUT2D eigenvalue weighted by Gasteiger charge is -2.21. The zero-order valence-electron chi connectivity index (χ0n) is 13.6. The fraction of sp³-hybridized carbons (Fsp3) is 0.467. The van der Waals surface area contributed by atoms with Crippen LogP contribution in [0.5, 0.6) is 11.5 Å². The van der Waals surface area contributed by atoms with Crippen LogP contribution in [-0.4, -0.2) is 39.0 Å². The van der Waals surface area contributed by atoms with Gasteiger partial charge in [0.15, 0.2) is 11.5 Å². The minimum atomic E-state index is -0.690. The molecule has 0 heterocycles. The maximum absolute atomic E-state index is 12.0. The Morgan fingerprint density at radius 1 is 1.05 bits per heavy atom. The summed E-state index contributed by atoms with van der Waals surface area (Å²) < 4.78 is 20.2. The Balaban J connectivity index is 3.24. The second-order valence-corrected chi connectivity index (χ2v) is 5.34. The Bertz CT molecular complexity index is 562. The molecule has 0 radical (unpaired) electrons. The summed E-state index contributed by atoms with van der Waals surface area (Å²) in [5, 5.41) is 2.51. The van der Waals surface area contributed by atoms with Crippen molar-refractivity contribution < 1.29 is 28.5 Å². The largest absolute Gasteiger partial charge is 0.493 e. The Labute approximate surface area is 129 Å². The Morgan fingerprint density at radius 3 is 2.14 bits per heavy atom. The van der Waals surface area contributed by atoms with Crippen molar-refractivity contribution in [3.8, 4) is 11.5 Å². The van der Waals surface area contributed by atoms with E-state index in [9.17, 15) is 9.59 Å². The van der Waals surface area contributed by atoms with Crippen LogP contribution < -0.4 is 14.8 Å². The molecule has 0 aromatic heterocycles. The zero-order chi connectivity index (χ0) is 16.9. The van der Waals surface area contributed by atoms with Crippen LogP contribution in [0.15, 0.2) is 12.1 Å². The van der Waals surface area contributed by atoms with Crippen LogP contribution in [0, 0.1) is 0 Å². The van der Waals surface area contributed by atoms with Crippen LogP contribution in [0.4, 0.5) is 10.5 Å². The summed E-state index contributed by atoms with van der Waals surface area (Å²) in [5.74, 6) is -0.151. The van der Waals surface area contributed by atoms with Gasteiger partial charge in [0.05, 0.1) is 27.0 Å². The number of esters is 1. The number of benzene rings is 1. The lowest BCUT2D eigenvalue weighted by molar-refractivity contribution is 0.0597. The van der Waals surface area contributed by atoms with Gasteiger partial charge in [-0.3, -0.25) is 5.32 Å². The first-order chi connectivity index (χ1) is 10.2. The number of amides is 1. The van der Waals surface area contributed by atoms with Gasteiger partial charge in [0.1, 0.15) is 11.2 Å². The predicted octanol–water partition coefficient (Wildman–Crippen LogP) is 2.84. The van der Waals surface area contributed by atoms with Crippen molar-refractivity contribution in [1.82, 2.24) is 0 Å². The SMILES string of the molecule is COC(=O)c1c(NC(=O)OC(C)(C)C)ccc(OC)c1OC. The maximum atomic E-state index is 12.0. The molecule has 0 spiro atoms. The molecule has 0 saturated carbocycles. The number of carbonyl (C=O) groups excluding carboxylic acids is 2. The lowest BCUT2D eigenvalue weighted by Crippen LogP contribution is -2.28. The molecule has 1 rings (SSSR count). The van der Waals surface area contributed by atoms with Crippen molar-refractivity contribution in [3.05, 3.63) is 17.7 Å². The molecule has 0 saturated heterocycles. The van der Waals surface area contributed by atoms with Crippen molar-refractivity contribution in [2.24, 2.45) is 0 Å². The summed E-state index contributed by atoms with van der Waals surface area (Å²) in [4.78, 5) is 23.9. The number of hydrogen-bond donors (Lipinski definition) is 1. The molecule has 0 fully saturated rings. The summed E-state index contributed by atoms with van der Waals surface area (Å²) >= 11 is 0. The molecule has 0 bridgehead atoms. The fourth-order valence-corrected chi connectivity index (χ4v) is 1.75. The van der Waals surface area contributed by atoms with E-state index in [4.69, 9.17) is 18.9 Å². The first kappa shape index (κ1) is 17.6. The normalized spacial score (nSPS) is 10.6. The standard InChI is InChI=1S/C15H21NO6/c1-15(2,3)22-14(18)16-9-7-8-10(19-4)12(20-5)11(9)13(17)21-6/h7-8H,1-6H3,(H,16,18). The summed E-state index contributed by atoms with van der Waals surface area (Å²) in [6.45, 7) is 5.22. The molecule has 1 aromatic rings. The molecule has 0 aliphatic heterocycles. The topological polar surface area (TPSA) is 83.1 Å². The van der Waals surface area contributed by atoms with E-state index in [1.807, 2.05) is 0 Å². The molecule has 0 aliphatic rings. The van der Waals surface area contributed by atoms with E-state index < -0.39 is 17.7 Å². The first-order valence-corrected chi connectivity index (χ1v) is 6.56. The third-order valence-electron chi connectivity index (χ3n) is 2.57. The van der Waals surface area contributed by atoms with Gasteiger partial charge >= 0.3 is 12.1 Å². The summed E-state index contributed by atoms with van der Waals surface area (Å²) in [6, 6.07) is 3.08. The van der Waals surface area contributed by atoms with Gasteiger partial charge < -0.3 is 18.9 Å². The summed E-state index contributed by atoms with van der Waals surface area (Å²) in [6.07, 6.45) is -0.690. The second kappa shape index (κ2) is 7.02. The number of anilines is 1. The van der Waals surface area contributed by atoms with E-state index in [-0.39, 0.29) is 17.0 Å². The molecule has 122 valence electrons. The first-order valence-electron chi connectivity index (χ1n) is 6.56. The van der Waals surface area contributed by atoms with Crippen LogP contribution in [0.3, 0.4) is 0 Å². The molecule has 1 amide bonds. The highest BCUT2D eigenvalue weighted by Gasteiger charge is 2.25. The van der Waals surface area contributed by atoms with Crippen molar-refractivity contribution >= 4 is 17.7 Å². The van der Waals surface area contributed by atoms with Crippen LogP contribution >= 0.6 is 0 Å². The van der Waals surface area contributed by atoms with E-state index in [1.54, 1.807) is 26.8 Å². The van der Waals surface area contributed by atoms with Crippen molar-refractivity contribution in [2.75, 3.05) is 26.6 Å². The minimum absolute atomic E-state index is 0.0511. The van der Waals surface area contributed by atoms with Gasteiger partial charge in [-0.05, 0) is 32.9 Å².